The topological polar surface area (TPSA) is 69.6 Å². The molecule has 1 fully saturated rings. The summed E-state index contributed by atoms with van der Waals surface area (Å²) in [6.07, 6.45) is 6.60. The number of carbonyl (C=O) groups excluding carboxylic acids is 2. The van der Waals surface area contributed by atoms with Crippen LogP contribution < -0.4 is 10.2 Å². The summed E-state index contributed by atoms with van der Waals surface area (Å²) in [6, 6.07) is 9.48. The maximum Gasteiger partial charge on any atom is 0.224 e. The number of halogens is 2. The van der Waals surface area contributed by atoms with Crippen molar-refractivity contribution in [2.75, 3.05) is 10.2 Å². The third kappa shape index (κ3) is 3.81. The lowest BCUT2D eigenvalue weighted by molar-refractivity contribution is -0.119. The molecule has 5 nitrogen and oxygen atoms in total. The van der Waals surface area contributed by atoms with E-state index in [0.29, 0.717) is 45.4 Å². The number of nitrogens with zero attached hydrogens (tertiary/aromatic N) is 1. The van der Waals surface area contributed by atoms with Crippen LogP contribution in [0.5, 0.6) is 5.75 Å². The van der Waals surface area contributed by atoms with Crippen molar-refractivity contribution in [2.45, 2.75) is 57.9 Å². The number of aromatic hydroxyl groups is 1. The smallest absolute Gasteiger partial charge is 0.224 e. The summed E-state index contributed by atoms with van der Waals surface area (Å²) < 4.78 is 0. The molecule has 1 saturated carbocycles. The van der Waals surface area contributed by atoms with Crippen LogP contribution in [0.4, 0.5) is 11.4 Å². The molecule has 2 aromatic carbocycles. The molecule has 3 aliphatic rings. The van der Waals surface area contributed by atoms with E-state index < -0.39 is 6.04 Å². The van der Waals surface area contributed by atoms with Crippen LogP contribution in [-0.2, 0) is 9.59 Å². The van der Waals surface area contributed by atoms with Gasteiger partial charge in [-0.05, 0) is 54.5 Å². The number of anilines is 2. The van der Waals surface area contributed by atoms with Gasteiger partial charge in [0.25, 0.3) is 0 Å². The Labute approximate surface area is 203 Å². The Morgan fingerprint density at radius 3 is 2.58 bits per heavy atom. The second-order valence-corrected chi connectivity index (χ2v) is 10.3. The molecule has 7 heteroatoms. The highest BCUT2D eigenvalue weighted by Gasteiger charge is 2.46. The van der Waals surface area contributed by atoms with Gasteiger partial charge >= 0.3 is 0 Å². The lowest BCUT2D eigenvalue weighted by Gasteiger charge is -2.42. The van der Waals surface area contributed by atoms with Crippen LogP contribution in [0.3, 0.4) is 0 Å². The Morgan fingerprint density at radius 1 is 1.12 bits per heavy atom. The fourth-order valence-electron chi connectivity index (χ4n) is 5.87. The Hall–Kier alpha value is -2.50. The van der Waals surface area contributed by atoms with Crippen molar-refractivity contribution in [2.24, 2.45) is 5.41 Å². The van der Waals surface area contributed by atoms with Crippen LogP contribution in [0.2, 0.25) is 10.0 Å². The number of phenols is 1. The predicted molar refractivity (Wildman–Crippen MR) is 131 cm³/mol. The predicted octanol–water partition coefficient (Wildman–Crippen LogP) is 6.79. The number of fused-ring (bicyclic) bond motifs is 1. The zero-order valence-corrected chi connectivity index (χ0v) is 20.0. The number of hydrogen-bond acceptors (Lipinski definition) is 4. The van der Waals surface area contributed by atoms with Crippen molar-refractivity contribution >= 4 is 46.3 Å². The van der Waals surface area contributed by atoms with Gasteiger partial charge in [0, 0.05) is 34.7 Å². The normalized spacial score (nSPS) is 21.8. The van der Waals surface area contributed by atoms with Crippen LogP contribution in [-0.4, -0.2) is 16.8 Å². The quantitative estimate of drug-likeness (QED) is 0.437. The van der Waals surface area contributed by atoms with E-state index in [0.717, 1.165) is 31.4 Å². The highest BCUT2D eigenvalue weighted by molar-refractivity contribution is 6.35. The van der Waals surface area contributed by atoms with Crippen LogP contribution in [0.15, 0.2) is 47.7 Å². The second kappa shape index (κ2) is 8.37. The number of nitrogens with one attached hydrogen (secondary N) is 1. The fraction of sp³-hybridized carbons (Fsp3) is 0.385. The van der Waals surface area contributed by atoms with Gasteiger partial charge in [-0.1, -0.05) is 54.6 Å². The Kier molecular flexibility index (Phi) is 5.66. The van der Waals surface area contributed by atoms with E-state index in [1.54, 1.807) is 41.3 Å². The van der Waals surface area contributed by atoms with E-state index in [-0.39, 0.29) is 22.9 Å². The summed E-state index contributed by atoms with van der Waals surface area (Å²) >= 11 is 12.8. The maximum absolute atomic E-state index is 13.9. The van der Waals surface area contributed by atoms with Gasteiger partial charge in [0.15, 0.2) is 5.78 Å². The van der Waals surface area contributed by atoms with Crippen molar-refractivity contribution in [1.82, 2.24) is 0 Å². The van der Waals surface area contributed by atoms with Crippen LogP contribution >= 0.6 is 23.2 Å². The molecule has 33 heavy (non-hydrogen) atoms. The van der Waals surface area contributed by atoms with Crippen LogP contribution in [0.25, 0.3) is 0 Å². The monoisotopic (exact) mass is 484 g/mol. The van der Waals surface area contributed by atoms with E-state index in [2.05, 4.69) is 5.32 Å². The van der Waals surface area contributed by atoms with Crippen molar-refractivity contribution in [3.05, 3.63) is 63.3 Å². The van der Waals surface area contributed by atoms with Crippen molar-refractivity contribution < 1.29 is 14.7 Å². The second-order valence-electron chi connectivity index (χ2n) is 9.48. The molecule has 0 saturated heterocycles. The molecule has 1 atom stereocenters. The largest absolute Gasteiger partial charge is 0.506 e. The maximum atomic E-state index is 13.9. The van der Waals surface area contributed by atoms with Gasteiger partial charge in [0.2, 0.25) is 5.91 Å². The van der Waals surface area contributed by atoms with Gasteiger partial charge in [-0.15, -0.1) is 0 Å². The summed E-state index contributed by atoms with van der Waals surface area (Å²) in [5, 5.41) is 15.0. The summed E-state index contributed by atoms with van der Waals surface area (Å²) in [5.74, 6) is -0.191. The molecule has 5 rings (SSSR count). The fourth-order valence-corrected chi connectivity index (χ4v) is 6.38. The number of amides is 1. The number of hydrogen-bond donors (Lipinski definition) is 2. The van der Waals surface area contributed by atoms with Gasteiger partial charge in [-0.25, -0.2) is 0 Å². The van der Waals surface area contributed by atoms with Crippen molar-refractivity contribution in [3.63, 3.8) is 0 Å². The van der Waals surface area contributed by atoms with Gasteiger partial charge in [-0.3, -0.25) is 14.5 Å². The Morgan fingerprint density at radius 2 is 1.88 bits per heavy atom. The first-order valence-electron chi connectivity index (χ1n) is 11.4. The molecule has 1 heterocycles. The molecule has 2 aromatic rings. The number of rotatable bonds is 1. The zero-order chi connectivity index (χ0) is 23.3. The lowest BCUT2D eigenvalue weighted by Crippen LogP contribution is -2.40. The summed E-state index contributed by atoms with van der Waals surface area (Å²) in [5.41, 5.74) is 2.82. The van der Waals surface area contributed by atoms with Crippen molar-refractivity contribution in [3.8, 4) is 5.75 Å². The highest BCUT2D eigenvalue weighted by atomic mass is 35.5. The highest BCUT2D eigenvalue weighted by Crippen LogP contribution is 2.54. The van der Waals surface area contributed by atoms with Gasteiger partial charge in [0.05, 0.1) is 11.7 Å². The minimum absolute atomic E-state index is 0.0280. The molecule has 0 radical (unpaired) electrons. The number of Topliss-reactive ketones (excluding diaryl/α,β-unsaturated/α-hetero) is 1. The molecule has 0 bridgehead atoms. The van der Waals surface area contributed by atoms with Crippen molar-refractivity contribution in [1.29, 1.82) is 0 Å². The minimum atomic E-state index is -0.716. The molecule has 172 valence electrons. The van der Waals surface area contributed by atoms with Gasteiger partial charge in [0.1, 0.15) is 11.4 Å². The first-order chi connectivity index (χ1) is 15.8. The van der Waals surface area contributed by atoms with E-state index >= 15 is 0 Å². The van der Waals surface area contributed by atoms with Crippen LogP contribution in [0.1, 0.15) is 63.5 Å². The molecule has 2 N–H and O–H groups in total. The summed E-state index contributed by atoms with van der Waals surface area (Å²) in [7, 11) is 0. The zero-order valence-electron chi connectivity index (χ0n) is 18.5. The molecule has 1 unspecified atom stereocenters. The Balaban J connectivity index is 1.77. The van der Waals surface area contributed by atoms with Gasteiger partial charge < -0.3 is 10.4 Å². The molecule has 1 aliphatic heterocycles. The van der Waals surface area contributed by atoms with E-state index in [4.69, 9.17) is 23.2 Å². The average molecular weight is 485 g/mol. The minimum Gasteiger partial charge on any atom is -0.506 e. The molecule has 1 spiro atoms. The third-order valence-electron chi connectivity index (χ3n) is 7.31. The number of carbonyl (C=O) groups is 2. The first-order valence-corrected chi connectivity index (χ1v) is 12.2. The SMILES string of the molecule is CC(=O)N1c2cccc(O)c2NC2=C(C(=O)CC3(CCCCC3)C2)C1c1ccc(Cl)cc1Cl. The molecule has 2 aliphatic carbocycles. The molecular weight excluding hydrogens is 459 g/mol. The van der Waals surface area contributed by atoms with E-state index in [1.807, 2.05) is 0 Å². The lowest BCUT2D eigenvalue weighted by atomic mass is 9.64. The number of phenolic OH excluding ortho intramolecular Hbond substituents is 1. The molecular formula is C26H26Cl2N2O3. The van der Waals surface area contributed by atoms with Crippen LogP contribution in [0, 0.1) is 5.41 Å². The molecule has 0 aromatic heterocycles. The third-order valence-corrected chi connectivity index (χ3v) is 7.87. The van der Waals surface area contributed by atoms with Gasteiger partial charge in [-0.2, -0.15) is 0 Å². The standard InChI is InChI=1S/C26H26Cl2N2O3/c1-15(31)30-20-6-5-7-21(32)24(20)29-19-13-26(10-3-2-4-11-26)14-22(33)23(19)25(30)17-9-8-16(27)12-18(17)28/h5-9,12,25,29,32H,2-4,10-11,13-14H2,1H3. The first kappa shape index (κ1) is 22.3. The van der Waals surface area contributed by atoms with E-state index in [1.165, 1.54) is 13.3 Å². The Bertz CT molecular complexity index is 1180. The number of para-hydroxylation sites is 1. The number of allylic oxidation sites excluding steroid dienone is 1. The molecule has 1 amide bonds. The average Bonchev–Trinajstić information content (AvgIpc) is 2.89. The summed E-state index contributed by atoms with van der Waals surface area (Å²) in [4.78, 5) is 28.5. The van der Waals surface area contributed by atoms with E-state index in [9.17, 15) is 14.7 Å². The number of benzene rings is 2. The summed E-state index contributed by atoms with van der Waals surface area (Å²) in [6.45, 7) is 1.46. The number of ketones is 1.